The summed E-state index contributed by atoms with van der Waals surface area (Å²) in [5.74, 6) is 1.85. The van der Waals surface area contributed by atoms with Crippen LogP contribution < -0.4 is 0 Å². The zero-order valence-corrected chi connectivity index (χ0v) is 5.33. The second kappa shape index (κ2) is 10.4. The van der Waals surface area contributed by atoms with Gasteiger partial charge < -0.3 is 0 Å². The molecule has 0 heterocycles. The Morgan fingerprint density at radius 1 is 1.25 bits per heavy atom. The standard InChI is InChI=1S/C5H12S.2CH4/c1-5(2)3-4-6;;/h5-6H,3-4H2,1-2H3;2*1H4. The van der Waals surface area contributed by atoms with Crippen molar-refractivity contribution in [1.29, 1.82) is 0 Å². The zero-order valence-electron chi connectivity index (χ0n) is 4.44. The normalized spacial score (nSPS) is 7.50. The lowest BCUT2D eigenvalue weighted by Gasteiger charge is -1.95. The first kappa shape index (κ1) is 15.8. The summed E-state index contributed by atoms with van der Waals surface area (Å²) >= 11 is 4.06. The van der Waals surface area contributed by atoms with E-state index in [1.54, 1.807) is 0 Å². The van der Waals surface area contributed by atoms with Gasteiger partial charge in [0.2, 0.25) is 0 Å². The van der Waals surface area contributed by atoms with E-state index in [0.717, 1.165) is 11.7 Å². The van der Waals surface area contributed by atoms with Gasteiger partial charge in [0, 0.05) is 0 Å². The predicted molar refractivity (Wildman–Crippen MR) is 46.8 cm³/mol. The SMILES string of the molecule is C.C.CC(C)CCS. The quantitative estimate of drug-likeness (QED) is 0.554. The molecule has 0 bridgehead atoms. The van der Waals surface area contributed by atoms with Crippen LogP contribution in [0.1, 0.15) is 35.1 Å². The van der Waals surface area contributed by atoms with Gasteiger partial charge in [-0.1, -0.05) is 28.7 Å². The van der Waals surface area contributed by atoms with E-state index in [2.05, 4.69) is 26.5 Å². The van der Waals surface area contributed by atoms with Gasteiger partial charge in [-0.2, -0.15) is 12.6 Å². The van der Waals surface area contributed by atoms with E-state index < -0.39 is 0 Å². The van der Waals surface area contributed by atoms with Crippen LogP contribution in [0.25, 0.3) is 0 Å². The Kier molecular flexibility index (Phi) is 20.4. The molecule has 0 amide bonds. The molecular weight excluding hydrogens is 116 g/mol. The van der Waals surface area contributed by atoms with Gasteiger partial charge in [-0.25, -0.2) is 0 Å². The van der Waals surface area contributed by atoms with E-state index in [9.17, 15) is 0 Å². The highest BCUT2D eigenvalue weighted by atomic mass is 32.1. The predicted octanol–water partition coefficient (Wildman–Crippen LogP) is 3.23. The summed E-state index contributed by atoms with van der Waals surface area (Å²) in [4.78, 5) is 0. The highest BCUT2D eigenvalue weighted by molar-refractivity contribution is 7.80. The fourth-order valence-corrected chi connectivity index (χ4v) is 0.775. The third kappa shape index (κ3) is 16.2. The molecule has 1 heteroatoms. The lowest BCUT2D eigenvalue weighted by molar-refractivity contribution is 0.633. The molecule has 0 aliphatic carbocycles. The first-order valence-corrected chi connectivity index (χ1v) is 3.01. The van der Waals surface area contributed by atoms with Crippen LogP contribution in [0.5, 0.6) is 0 Å². The van der Waals surface area contributed by atoms with Crippen molar-refractivity contribution in [3.05, 3.63) is 0 Å². The molecule has 0 atom stereocenters. The molecule has 0 aromatic rings. The van der Waals surface area contributed by atoms with E-state index in [1.165, 1.54) is 6.42 Å². The van der Waals surface area contributed by atoms with Crippen LogP contribution in [0.2, 0.25) is 0 Å². The molecule has 0 rings (SSSR count). The van der Waals surface area contributed by atoms with Crippen LogP contribution in [0.3, 0.4) is 0 Å². The Morgan fingerprint density at radius 3 is 1.62 bits per heavy atom. The molecule has 0 aromatic heterocycles. The van der Waals surface area contributed by atoms with Crippen molar-refractivity contribution in [2.75, 3.05) is 5.75 Å². The minimum atomic E-state index is 0. The maximum absolute atomic E-state index is 4.06. The summed E-state index contributed by atoms with van der Waals surface area (Å²) in [7, 11) is 0. The number of thiol groups is 1. The fraction of sp³-hybridized carbons (Fsp3) is 1.00. The van der Waals surface area contributed by atoms with Crippen molar-refractivity contribution in [2.45, 2.75) is 35.1 Å². The zero-order chi connectivity index (χ0) is 4.99. The van der Waals surface area contributed by atoms with Gasteiger partial charge in [0.25, 0.3) is 0 Å². The summed E-state index contributed by atoms with van der Waals surface area (Å²) in [5, 5.41) is 0. The molecule has 0 aliphatic rings. The Hall–Kier alpha value is 0.350. The number of hydrogen-bond donors (Lipinski definition) is 1. The van der Waals surface area contributed by atoms with Gasteiger partial charge in [-0.3, -0.25) is 0 Å². The van der Waals surface area contributed by atoms with Crippen LogP contribution in [0, 0.1) is 5.92 Å². The van der Waals surface area contributed by atoms with E-state index >= 15 is 0 Å². The summed E-state index contributed by atoms with van der Waals surface area (Å²) in [5.41, 5.74) is 0. The smallest absolute Gasteiger partial charge is 0.00955 e. The molecule has 0 fully saturated rings. The molecule has 0 saturated carbocycles. The molecular formula is C7H20S. The Morgan fingerprint density at radius 2 is 1.62 bits per heavy atom. The summed E-state index contributed by atoms with van der Waals surface area (Å²) in [6.07, 6.45) is 1.24. The van der Waals surface area contributed by atoms with Crippen molar-refractivity contribution in [3.63, 3.8) is 0 Å². The number of hydrogen-bond acceptors (Lipinski definition) is 1. The van der Waals surface area contributed by atoms with Gasteiger partial charge in [0.1, 0.15) is 0 Å². The fourth-order valence-electron chi connectivity index (χ4n) is 0.258. The second-order valence-electron chi connectivity index (χ2n) is 1.91. The molecule has 0 aliphatic heterocycles. The van der Waals surface area contributed by atoms with Crippen molar-refractivity contribution in [3.8, 4) is 0 Å². The van der Waals surface area contributed by atoms with Gasteiger partial charge in [-0.05, 0) is 18.1 Å². The van der Waals surface area contributed by atoms with E-state index in [1.807, 2.05) is 0 Å². The molecule has 0 radical (unpaired) electrons. The van der Waals surface area contributed by atoms with Crippen LogP contribution in [0.15, 0.2) is 0 Å². The molecule has 0 nitrogen and oxygen atoms in total. The first-order valence-electron chi connectivity index (χ1n) is 2.38. The average molecular weight is 136 g/mol. The van der Waals surface area contributed by atoms with E-state index in [4.69, 9.17) is 0 Å². The summed E-state index contributed by atoms with van der Waals surface area (Å²) in [6, 6.07) is 0. The van der Waals surface area contributed by atoms with Crippen LogP contribution in [0.4, 0.5) is 0 Å². The van der Waals surface area contributed by atoms with Crippen LogP contribution in [-0.4, -0.2) is 5.75 Å². The van der Waals surface area contributed by atoms with E-state index in [-0.39, 0.29) is 14.9 Å². The first-order chi connectivity index (χ1) is 2.77. The van der Waals surface area contributed by atoms with Gasteiger partial charge >= 0.3 is 0 Å². The van der Waals surface area contributed by atoms with Crippen LogP contribution in [-0.2, 0) is 0 Å². The minimum absolute atomic E-state index is 0. The Balaban J connectivity index is -0.000000125. The molecule has 0 saturated heterocycles. The van der Waals surface area contributed by atoms with Gasteiger partial charge in [0.15, 0.2) is 0 Å². The van der Waals surface area contributed by atoms with Crippen molar-refractivity contribution < 1.29 is 0 Å². The molecule has 0 spiro atoms. The molecule has 0 unspecified atom stereocenters. The number of rotatable bonds is 2. The Labute approximate surface area is 60.1 Å². The third-order valence-corrected chi connectivity index (χ3v) is 0.965. The molecule has 0 aromatic carbocycles. The maximum Gasteiger partial charge on any atom is -0.00955 e. The monoisotopic (exact) mass is 136 g/mol. The lowest BCUT2D eigenvalue weighted by Crippen LogP contribution is -1.85. The third-order valence-electron chi connectivity index (χ3n) is 0.706. The summed E-state index contributed by atoms with van der Waals surface area (Å²) in [6.45, 7) is 4.41. The minimum Gasteiger partial charge on any atom is -0.179 e. The highest BCUT2D eigenvalue weighted by Gasteiger charge is 1.86. The van der Waals surface area contributed by atoms with Crippen molar-refractivity contribution in [2.24, 2.45) is 5.92 Å². The largest absolute Gasteiger partial charge is 0.179 e. The summed E-state index contributed by atoms with van der Waals surface area (Å²) < 4.78 is 0. The molecule has 0 N–H and O–H groups in total. The topological polar surface area (TPSA) is 0 Å². The lowest BCUT2D eigenvalue weighted by atomic mass is 10.2. The molecule has 8 heavy (non-hydrogen) atoms. The molecule has 54 valence electrons. The Bertz CT molecular complexity index is 25.6. The van der Waals surface area contributed by atoms with E-state index in [0.29, 0.717) is 0 Å². The van der Waals surface area contributed by atoms with Gasteiger partial charge in [-0.15, -0.1) is 0 Å². The average Bonchev–Trinajstić information content (AvgIpc) is 1.35. The van der Waals surface area contributed by atoms with Crippen molar-refractivity contribution in [1.82, 2.24) is 0 Å². The van der Waals surface area contributed by atoms with Crippen molar-refractivity contribution >= 4 is 12.6 Å². The second-order valence-corrected chi connectivity index (χ2v) is 2.35. The highest BCUT2D eigenvalue weighted by Crippen LogP contribution is 1.98. The van der Waals surface area contributed by atoms with Gasteiger partial charge in [0.05, 0.1) is 0 Å². The maximum atomic E-state index is 4.06. The van der Waals surface area contributed by atoms with Crippen LogP contribution >= 0.6 is 12.6 Å².